The maximum absolute atomic E-state index is 10.0. The Labute approximate surface area is 214 Å². The van der Waals surface area contributed by atoms with Crippen LogP contribution in [0.3, 0.4) is 0 Å². The van der Waals surface area contributed by atoms with Crippen molar-refractivity contribution in [1.29, 1.82) is 0 Å². The highest BCUT2D eigenvalue weighted by Gasteiger charge is 2.27. The summed E-state index contributed by atoms with van der Waals surface area (Å²) < 4.78 is 5.61. The first-order valence-corrected chi connectivity index (χ1v) is 12.9. The van der Waals surface area contributed by atoms with E-state index < -0.39 is 0 Å². The Bertz CT molecular complexity index is 1330. The number of hydrogen-bond acceptors (Lipinski definition) is 5. The van der Waals surface area contributed by atoms with Crippen LogP contribution in [0.1, 0.15) is 31.4 Å². The van der Waals surface area contributed by atoms with Crippen LogP contribution in [0.4, 0.5) is 11.4 Å². The van der Waals surface area contributed by atoms with E-state index in [1.165, 1.54) is 33.9 Å². The number of benzene rings is 3. The average molecular weight is 482 g/mol. The molecule has 1 fully saturated rings. The first-order chi connectivity index (χ1) is 17.6. The minimum atomic E-state index is 0.716. The standard InChI is InChI=1S/C31H35N3O2/c1-4-8-29(25-12-11-23-9-6-7-10-24(23)19-25)32(3)26-13-14-30-28(20-26)31(33-15-17-36-18-16-33)21-27(22-35)34(30)5-2/h6-14,19-22,35H,4-5,15-18H2,1-3H3/b27-22?,29-8+. The van der Waals surface area contributed by atoms with Gasteiger partial charge in [0.15, 0.2) is 0 Å². The normalized spacial score (nSPS) is 17.4. The van der Waals surface area contributed by atoms with Crippen LogP contribution in [0.15, 0.2) is 84.8 Å². The molecular formula is C31H35N3O2. The molecule has 2 aliphatic rings. The van der Waals surface area contributed by atoms with Crippen molar-refractivity contribution < 1.29 is 9.84 Å². The number of aliphatic hydroxyl groups is 1. The summed E-state index contributed by atoms with van der Waals surface area (Å²) in [4.78, 5) is 6.82. The van der Waals surface area contributed by atoms with Crippen LogP contribution in [0.5, 0.6) is 0 Å². The van der Waals surface area contributed by atoms with Gasteiger partial charge < -0.3 is 24.5 Å². The number of aliphatic hydroxyl groups excluding tert-OH is 1. The lowest BCUT2D eigenvalue weighted by molar-refractivity contribution is 0.0639. The molecule has 3 aromatic rings. The molecule has 5 rings (SSSR count). The highest BCUT2D eigenvalue weighted by molar-refractivity contribution is 5.91. The monoisotopic (exact) mass is 481 g/mol. The second kappa shape index (κ2) is 10.5. The fourth-order valence-electron chi connectivity index (χ4n) is 5.26. The zero-order valence-corrected chi connectivity index (χ0v) is 21.4. The van der Waals surface area contributed by atoms with Crippen LogP contribution >= 0.6 is 0 Å². The van der Waals surface area contributed by atoms with E-state index >= 15 is 0 Å². The third kappa shape index (κ3) is 4.47. The van der Waals surface area contributed by atoms with E-state index in [-0.39, 0.29) is 0 Å². The maximum Gasteiger partial charge on any atom is 0.103 e. The van der Waals surface area contributed by atoms with Gasteiger partial charge in [-0.05, 0) is 60.0 Å². The Hall–Kier alpha value is -3.70. The van der Waals surface area contributed by atoms with E-state index in [0.717, 1.165) is 48.8 Å². The molecule has 0 saturated carbocycles. The molecule has 0 aliphatic carbocycles. The minimum absolute atomic E-state index is 0.716. The van der Waals surface area contributed by atoms with Gasteiger partial charge in [0.05, 0.1) is 24.6 Å². The molecule has 3 aromatic carbocycles. The fraction of sp³-hybridized carbons (Fsp3) is 0.290. The van der Waals surface area contributed by atoms with Crippen molar-refractivity contribution in [3.8, 4) is 0 Å². The summed E-state index contributed by atoms with van der Waals surface area (Å²) in [5.74, 6) is 0. The van der Waals surface area contributed by atoms with Crippen LogP contribution in [-0.2, 0) is 4.74 Å². The molecule has 0 spiro atoms. The average Bonchev–Trinajstić information content (AvgIpc) is 2.94. The van der Waals surface area contributed by atoms with Crippen molar-refractivity contribution >= 4 is 33.5 Å². The summed E-state index contributed by atoms with van der Waals surface area (Å²) in [5.41, 5.74) is 7.79. The molecule has 2 aliphatic heterocycles. The molecule has 2 heterocycles. The van der Waals surface area contributed by atoms with Crippen LogP contribution in [0.25, 0.3) is 22.2 Å². The second-order valence-electron chi connectivity index (χ2n) is 9.25. The lowest BCUT2D eigenvalue weighted by atomic mass is 9.99. The summed E-state index contributed by atoms with van der Waals surface area (Å²) in [6.07, 6.45) is 6.57. The van der Waals surface area contributed by atoms with Crippen molar-refractivity contribution in [3.63, 3.8) is 0 Å². The van der Waals surface area contributed by atoms with Gasteiger partial charge in [-0.1, -0.05) is 49.4 Å². The third-order valence-electron chi connectivity index (χ3n) is 7.13. The number of likely N-dealkylation sites (N-methyl/N-ethyl adjacent to an activating group) is 1. The highest BCUT2D eigenvalue weighted by atomic mass is 16.5. The summed E-state index contributed by atoms with van der Waals surface area (Å²) in [6, 6.07) is 21.9. The zero-order valence-electron chi connectivity index (χ0n) is 21.4. The van der Waals surface area contributed by atoms with E-state index in [1.807, 2.05) is 0 Å². The molecule has 0 radical (unpaired) electrons. The molecule has 0 unspecified atom stereocenters. The molecular weight excluding hydrogens is 446 g/mol. The molecule has 0 amide bonds. The minimum Gasteiger partial charge on any atom is -0.513 e. The first-order valence-electron chi connectivity index (χ1n) is 12.9. The van der Waals surface area contributed by atoms with Crippen molar-refractivity contribution in [2.45, 2.75) is 20.3 Å². The Morgan fingerprint density at radius 1 is 1.00 bits per heavy atom. The van der Waals surface area contributed by atoms with E-state index in [9.17, 15) is 5.11 Å². The number of ether oxygens (including phenoxy) is 1. The number of nitrogens with zero attached hydrogens (tertiary/aromatic N) is 3. The van der Waals surface area contributed by atoms with Gasteiger partial charge in [0.25, 0.3) is 0 Å². The van der Waals surface area contributed by atoms with E-state index in [0.29, 0.717) is 13.2 Å². The van der Waals surface area contributed by atoms with Crippen molar-refractivity contribution in [1.82, 2.24) is 4.90 Å². The molecule has 0 atom stereocenters. The van der Waals surface area contributed by atoms with Gasteiger partial charge in [-0.15, -0.1) is 0 Å². The maximum atomic E-state index is 10.0. The zero-order chi connectivity index (χ0) is 25.1. The van der Waals surface area contributed by atoms with Crippen LogP contribution in [0, 0.1) is 0 Å². The number of morpholine rings is 1. The van der Waals surface area contributed by atoms with E-state index in [2.05, 4.69) is 108 Å². The number of rotatable bonds is 6. The molecule has 1 N–H and O–H groups in total. The summed E-state index contributed by atoms with van der Waals surface area (Å²) >= 11 is 0. The van der Waals surface area contributed by atoms with Crippen molar-refractivity contribution in [3.05, 3.63) is 95.9 Å². The van der Waals surface area contributed by atoms with Gasteiger partial charge in [0, 0.05) is 49.3 Å². The number of hydrogen-bond donors (Lipinski definition) is 1. The second-order valence-corrected chi connectivity index (χ2v) is 9.25. The van der Waals surface area contributed by atoms with E-state index in [1.54, 1.807) is 0 Å². The van der Waals surface area contributed by atoms with Gasteiger partial charge in [-0.2, -0.15) is 0 Å². The largest absolute Gasteiger partial charge is 0.513 e. The lowest BCUT2D eigenvalue weighted by Crippen LogP contribution is -2.37. The molecule has 36 heavy (non-hydrogen) atoms. The fourth-order valence-corrected chi connectivity index (χ4v) is 5.26. The Kier molecular flexibility index (Phi) is 7.01. The lowest BCUT2D eigenvalue weighted by Gasteiger charge is -2.38. The van der Waals surface area contributed by atoms with Crippen molar-refractivity contribution in [2.75, 3.05) is 49.7 Å². The van der Waals surface area contributed by atoms with Crippen LogP contribution in [0.2, 0.25) is 0 Å². The quantitative estimate of drug-likeness (QED) is 0.400. The molecule has 0 bridgehead atoms. The Balaban J connectivity index is 1.57. The number of fused-ring (bicyclic) bond motifs is 2. The topological polar surface area (TPSA) is 39.2 Å². The smallest absolute Gasteiger partial charge is 0.103 e. The first kappa shape index (κ1) is 24.0. The van der Waals surface area contributed by atoms with Crippen LogP contribution < -0.4 is 9.80 Å². The van der Waals surface area contributed by atoms with Crippen LogP contribution in [-0.4, -0.2) is 49.9 Å². The summed E-state index contributed by atoms with van der Waals surface area (Å²) in [5, 5.41) is 12.5. The highest BCUT2D eigenvalue weighted by Crippen LogP contribution is 2.40. The Morgan fingerprint density at radius 3 is 2.50 bits per heavy atom. The summed E-state index contributed by atoms with van der Waals surface area (Å²) in [6.45, 7) is 8.19. The molecule has 5 heteroatoms. The third-order valence-corrected chi connectivity index (χ3v) is 7.13. The molecule has 1 saturated heterocycles. The van der Waals surface area contributed by atoms with Crippen molar-refractivity contribution in [2.24, 2.45) is 0 Å². The molecule has 186 valence electrons. The molecule has 5 nitrogen and oxygen atoms in total. The number of anilines is 2. The van der Waals surface area contributed by atoms with Gasteiger partial charge in [-0.25, -0.2) is 0 Å². The SMILES string of the molecule is CC/C=C(\c1ccc2ccccc2c1)N(C)c1ccc2c(c1)C(N1CCOCC1)=CC(=CO)N2CC. The number of allylic oxidation sites excluding steroid dienone is 2. The Morgan fingerprint density at radius 2 is 1.78 bits per heavy atom. The summed E-state index contributed by atoms with van der Waals surface area (Å²) in [7, 11) is 2.15. The van der Waals surface area contributed by atoms with Gasteiger partial charge >= 0.3 is 0 Å². The predicted octanol–water partition coefficient (Wildman–Crippen LogP) is 6.64. The van der Waals surface area contributed by atoms with E-state index in [4.69, 9.17) is 4.74 Å². The van der Waals surface area contributed by atoms with Gasteiger partial charge in [-0.3, -0.25) is 0 Å². The van der Waals surface area contributed by atoms with Gasteiger partial charge in [0.1, 0.15) is 6.26 Å². The van der Waals surface area contributed by atoms with Gasteiger partial charge in [0.2, 0.25) is 0 Å². The molecule has 0 aromatic heterocycles. The predicted molar refractivity (Wildman–Crippen MR) is 151 cm³/mol.